The molecule has 0 heterocycles. The molecule has 1 atom stereocenters. The molecule has 0 saturated heterocycles. The van der Waals surface area contributed by atoms with Gasteiger partial charge < -0.3 is 0 Å². The Bertz CT molecular complexity index is 515. The Labute approximate surface area is 107 Å². The Morgan fingerprint density at radius 2 is 1.56 bits per heavy atom. The van der Waals surface area contributed by atoms with Crippen molar-refractivity contribution in [3.05, 3.63) is 72.3 Å². The quantitative estimate of drug-likeness (QED) is 0.485. The average molecular weight is 240 g/mol. The number of rotatable bonds is 4. The minimum absolute atomic E-state index is 0.463. The van der Waals surface area contributed by atoms with Gasteiger partial charge in [-0.3, -0.25) is 5.26 Å². The van der Waals surface area contributed by atoms with Crippen LogP contribution in [0.25, 0.3) is 11.1 Å². The van der Waals surface area contributed by atoms with Crippen LogP contribution in [0.3, 0.4) is 0 Å². The number of benzene rings is 2. The van der Waals surface area contributed by atoms with Gasteiger partial charge in [0.2, 0.25) is 0 Å². The van der Waals surface area contributed by atoms with E-state index in [0.717, 1.165) is 16.7 Å². The molecular weight excluding hydrogens is 224 g/mol. The van der Waals surface area contributed by atoms with Crippen LogP contribution < -0.4 is 0 Å². The predicted octanol–water partition coefficient (Wildman–Crippen LogP) is 4.46. The van der Waals surface area contributed by atoms with Gasteiger partial charge in [-0.1, -0.05) is 61.2 Å². The van der Waals surface area contributed by atoms with Gasteiger partial charge in [-0.15, -0.1) is 0 Å². The van der Waals surface area contributed by atoms with Gasteiger partial charge in [0.05, 0.1) is 0 Å². The maximum atomic E-state index is 8.88. The fourth-order valence-corrected chi connectivity index (χ4v) is 1.92. The van der Waals surface area contributed by atoms with Crippen LogP contribution in [0, 0.1) is 0 Å². The molecule has 0 saturated carbocycles. The Hall–Kier alpha value is -1.90. The first-order chi connectivity index (χ1) is 8.72. The zero-order valence-corrected chi connectivity index (χ0v) is 10.3. The SMILES string of the molecule is C=C(C)C(OO)c1ccc(-c2ccccc2)cc1. The highest BCUT2D eigenvalue weighted by molar-refractivity contribution is 5.63. The van der Waals surface area contributed by atoms with Crippen molar-refractivity contribution in [2.24, 2.45) is 0 Å². The molecule has 92 valence electrons. The average Bonchev–Trinajstić information content (AvgIpc) is 2.41. The van der Waals surface area contributed by atoms with E-state index in [1.165, 1.54) is 5.56 Å². The smallest absolute Gasteiger partial charge is 0.138 e. The third-order valence-corrected chi connectivity index (χ3v) is 2.87. The van der Waals surface area contributed by atoms with E-state index in [1.54, 1.807) is 0 Å². The van der Waals surface area contributed by atoms with Crippen molar-refractivity contribution in [3.63, 3.8) is 0 Å². The van der Waals surface area contributed by atoms with Crippen LogP contribution in [0.4, 0.5) is 0 Å². The van der Waals surface area contributed by atoms with Crippen molar-refractivity contribution in [2.45, 2.75) is 13.0 Å². The molecule has 0 aliphatic heterocycles. The molecule has 18 heavy (non-hydrogen) atoms. The van der Waals surface area contributed by atoms with E-state index in [1.807, 2.05) is 49.4 Å². The lowest BCUT2D eigenvalue weighted by atomic mass is 9.99. The molecule has 0 spiro atoms. The second-order valence-electron chi connectivity index (χ2n) is 4.32. The van der Waals surface area contributed by atoms with Crippen LogP contribution in [0.2, 0.25) is 0 Å². The van der Waals surface area contributed by atoms with Gasteiger partial charge in [0.1, 0.15) is 6.10 Å². The fourth-order valence-electron chi connectivity index (χ4n) is 1.92. The van der Waals surface area contributed by atoms with Crippen molar-refractivity contribution >= 4 is 0 Å². The topological polar surface area (TPSA) is 29.5 Å². The van der Waals surface area contributed by atoms with E-state index < -0.39 is 6.10 Å². The summed E-state index contributed by atoms with van der Waals surface area (Å²) in [5, 5.41) is 8.88. The van der Waals surface area contributed by atoms with Crippen LogP contribution in [0.15, 0.2) is 66.7 Å². The highest BCUT2D eigenvalue weighted by Gasteiger charge is 2.12. The molecule has 0 aliphatic rings. The number of hydrogen-bond acceptors (Lipinski definition) is 2. The summed E-state index contributed by atoms with van der Waals surface area (Å²) < 4.78 is 0. The molecular formula is C16H16O2. The molecule has 1 N–H and O–H groups in total. The highest BCUT2D eigenvalue weighted by atomic mass is 17.1. The standard InChI is InChI=1S/C16H16O2/c1-12(2)16(18-17)15-10-8-14(9-11-15)13-6-4-3-5-7-13/h3-11,16-17H,1H2,2H3. The molecule has 0 aromatic heterocycles. The molecule has 2 nitrogen and oxygen atoms in total. The van der Waals surface area contributed by atoms with Crippen LogP contribution in [-0.2, 0) is 4.89 Å². The first kappa shape index (κ1) is 12.6. The van der Waals surface area contributed by atoms with Crippen LogP contribution in [0.5, 0.6) is 0 Å². The second-order valence-corrected chi connectivity index (χ2v) is 4.32. The zero-order valence-electron chi connectivity index (χ0n) is 10.3. The Morgan fingerprint density at radius 1 is 1.00 bits per heavy atom. The molecule has 0 aliphatic carbocycles. The monoisotopic (exact) mass is 240 g/mol. The minimum atomic E-state index is -0.463. The fraction of sp³-hybridized carbons (Fsp3) is 0.125. The Balaban J connectivity index is 2.28. The molecule has 2 heteroatoms. The van der Waals surface area contributed by atoms with Crippen LogP contribution in [0.1, 0.15) is 18.6 Å². The van der Waals surface area contributed by atoms with Gasteiger partial charge in [0.25, 0.3) is 0 Å². The summed E-state index contributed by atoms with van der Waals surface area (Å²) >= 11 is 0. The van der Waals surface area contributed by atoms with Crippen molar-refractivity contribution in [3.8, 4) is 11.1 Å². The van der Waals surface area contributed by atoms with Gasteiger partial charge in [0, 0.05) is 0 Å². The van der Waals surface area contributed by atoms with E-state index in [0.29, 0.717) is 0 Å². The zero-order chi connectivity index (χ0) is 13.0. The third-order valence-electron chi connectivity index (χ3n) is 2.87. The van der Waals surface area contributed by atoms with Gasteiger partial charge >= 0.3 is 0 Å². The number of hydrogen-bond donors (Lipinski definition) is 1. The second kappa shape index (κ2) is 5.63. The molecule has 0 amide bonds. The van der Waals surface area contributed by atoms with Crippen LogP contribution in [-0.4, -0.2) is 5.26 Å². The first-order valence-electron chi connectivity index (χ1n) is 5.83. The predicted molar refractivity (Wildman–Crippen MR) is 73.1 cm³/mol. The van der Waals surface area contributed by atoms with E-state index in [2.05, 4.69) is 23.6 Å². The summed E-state index contributed by atoms with van der Waals surface area (Å²) in [5.41, 5.74) is 3.97. The Morgan fingerprint density at radius 3 is 2.06 bits per heavy atom. The van der Waals surface area contributed by atoms with E-state index in [9.17, 15) is 0 Å². The van der Waals surface area contributed by atoms with Crippen molar-refractivity contribution in [2.75, 3.05) is 0 Å². The molecule has 2 rings (SSSR count). The third kappa shape index (κ3) is 2.67. The maximum Gasteiger partial charge on any atom is 0.138 e. The van der Waals surface area contributed by atoms with E-state index in [-0.39, 0.29) is 0 Å². The van der Waals surface area contributed by atoms with Gasteiger partial charge in [-0.2, -0.15) is 0 Å². The largest absolute Gasteiger partial charge is 0.251 e. The van der Waals surface area contributed by atoms with Gasteiger partial charge in [0.15, 0.2) is 0 Å². The minimum Gasteiger partial charge on any atom is -0.251 e. The van der Waals surface area contributed by atoms with Crippen molar-refractivity contribution in [1.82, 2.24) is 0 Å². The lowest BCUT2D eigenvalue weighted by molar-refractivity contribution is -0.271. The highest BCUT2D eigenvalue weighted by Crippen LogP contribution is 2.26. The lowest BCUT2D eigenvalue weighted by Crippen LogP contribution is -2.02. The molecule has 0 radical (unpaired) electrons. The molecule has 0 fully saturated rings. The molecule has 0 bridgehead atoms. The first-order valence-corrected chi connectivity index (χ1v) is 5.83. The Kier molecular flexibility index (Phi) is 3.92. The van der Waals surface area contributed by atoms with Crippen LogP contribution >= 0.6 is 0 Å². The van der Waals surface area contributed by atoms with Gasteiger partial charge in [-0.25, -0.2) is 4.89 Å². The van der Waals surface area contributed by atoms with Crippen molar-refractivity contribution in [1.29, 1.82) is 0 Å². The maximum absolute atomic E-state index is 8.88. The summed E-state index contributed by atoms with van der Waals surface area (Å²) in [5.74, 6) is 0. The van der Waals surface area contributed by atoms with Crippen molar-refractivity contribution < 1.29 is 10.1 Å². The molecule has 1 unspecified atom stereocenters. The summed E-state index contributed by atoms with van der Waals surface area (Å²) in [6.07, 6.45) is -0.463. The summed E-state index contributed by atoms with van der Waals surface area (Å²) in [6.45, 7) is 5.62. The summed E-state index contributed by atoms with van der Waals surface area (Å²) in [4.78, 5) is 4.44. The normalized spacial score (nSPS) is 12.1. The summed E-state index contributed by atoms with van der Waals surface area (Å²) in [7, 11) is 0. The lowest BCUT2D eigenvalue weighted by Gasteiger charge is -2.14. The molecule has 2 aromatic rings. The molecule has 2 aromatic carbocycles. The summed E-state index contributed by atoms with van der Waals surface area (Å²) in [6, 6.07) is 18.1. The van der Waals surface area contributed by atoms with E-state index >= 15 is 0 Å². The van der Waals surface area contributed by atoms with Gasteiger partial charge in [-0.05, 0) is 29.2 Å². The van der Waals surface area contributed by atoms with E-state index in [4.69, 9.17) is 5.26 Å².